The van der Waals surface area contributed by atoms with Crippen molar-refractivity contribution in [2.75, 3.05) is 13.1 Å². The lowest BCUT2D eigenvalue weighted by Gasteiger charge is -2.30. The van der Waals surface area contributed by atoms with Crippen LogP contribution in [0.3, 0.4) is 0 Å². The van der Waals surface area contributed by atoms with Crippen molar-refractivity contribution in [1.29, 1.82) is 0 Å². The second-order valence-electron chi connectivity index (χ2n) is 5.65. The number of halogens is 1. The van der Waals surface area contributed by atoms with Crippen LogP contribution in [0.25, 0.3) is 0 Å². The summed E-state index contributed by atoms with van der Waals surface area (Å²) >= 11 is 0. The normalized spacial score (nSPS) is 26.4. The smallest absolute Gasteiger partial charge is 0.317 e. The number of piperidine rings is 1. The van der Waals surface area contributed by atoms with E-state index in [9.17, 15) is 9.18 Å². The van der Waals surface area contributed by atoms with E-state index in [0.717, 1.165) is 12.0 Å². The molecule has 0 spiro atoms. The van der Waals surface area contributed by atoms with E-state index in [-0.39, 0.29) is 18.1 Å². The number of carbonyl (C=O) groups excluding carboxylic acids is 1. The van der Waals surface area contributed by atoms with E-state index in [2.05, 4.69) is 11.4 Å². The van der Waals surface area contributed by atoms with Crippen LogP contribution in [0, 0.1) is 0 Å². The first-order valence-electron chi connectivity index (χ1n) is 7.18. The number of amides is 2. The predicted molar refractivity (Wildman–Crippen MR) is 75.1 cm³/mol. The lowest BCUT2D eigenvalue weighted by atomic mass is 10.1. The number of alkyl halides is 1. The van der Waals surface area contributed by atoms with Crippen molar-refractivity contribution in [2.24, 2.45) is 5.73 Å². The SMILES string of the molecule is N[C@@H]1c2ccccc2C[C@H]1NC(=O)N1CCC(F)CC1. The number of nitrogens with zero attached hydrogens (tertiary/aromatic N) is 1. The highest BCUT2D eigenvalue weighted by atomic mass is 19.1. The maximum Gasteiger partial charge on any atom is 0.317 e. The van der Waals surface area contributed by atoms with Gasteiger partial charge in [-0.3, -0.25) is 0 Å². The van der Waals surface area contributed by atoms with E-state index in [4.69, 9.17) is 5.73 Å². The standard InChI is InChI=1S/C15H20FN3O/c16-11-5-7-19(8-6-11)15(20)18-13-9-10-3-1-2-4-12(10)14(13)17/h1-4,11,13-14H,5-9,17H2,(H,18,20)/t13-,14-/m1/s1. The van der Waals surface area contributed by atoms with Crippen molar-refractivity contribution in [1.82, 2.24) is 10.2 Å². The van der Waals surface area contributed by atoms with Crippen molar-refractivity contribution in [2.45, 2.75) is 37.5 Å². The van der Waals surface area contributed by atoms with Gasteiger partial charge in [-0.1, -0.05) is 24.3 Å². The number of urea groups is 1. The maximum atomic E-state index is 13.1. The third kappa shape index (κ3) is 2.50. The predicted octanol–water partition coefficient (Wildman–Crippen LogP) is 1.75. The van der Waals surface area contributed by atoms with Gasteiger partial charge in [0.25, 0.3) is 0 Å². The molecular formula is C15H20FN3O. The molecule has 1 saturated heterocycles. The van der Waals surface area contributed by atoms with Gasteiger partial charge in [-0.15, -0.1) is 0 Å². The Kier molecular flexibility index (Phi) is 3.61. The summed E-state index contributed by atoms with van der Waals surface area (Å²) in [5, 5.41) is 3.00. The summed E-state index contributed by atoms with van der Waals surface area (Å²) in [5.41, 5.74) is 8.51. The van der Waals surface area contributed by atoms with Gasteiger partial charge in [0.1, 0.15) is 6.17 Å². The number of fused-ring (bicyclic) bond motifs is 1. The lowest BCUT2D eigenvalue weighted by molar-refractivity contribution is 0.149. The zero-order valence-electron chi connectivity index (χ0n) is 11.4. The van der Waals surface area contributed by atoms with Crippen LogP contribution < -0.4 is 11.1 Å². The Hall–Kier alpha value is -1.62. The molecule has 0 unspecified atom stereocenters. The summed E-state index contributed by atoms with van der Waals surface area (Å²) in [6.07, 6.45) is 0.870. The number of nitrogens with two attached hydrogens (primary N) is 1. The van der Waals surface area contributed by atoms with E-state index in [1.807, 2.05) is 18.2 Å². The molecule has 0 aromatic heterocycles. The third-order valence-electron chi connectivity index (χ3n) is 4.31. The van der Waals surface area contributed by atoms with E-state index in [1.54, 1.807) is 4.90 Å². The van der Waals surface area contributed by atoms with Crippen LogP contribution in [0.4, 0.5) is 9.18 Å². The van der Waals surface area contributed by atoms with Crippen LogP contribution in [-0.4, -0.2) is 36.2 Å². The molecule has 5 heteroatoms. The monoisotopic (exact) mass is 277 g/mol. The highest BCUT2D eigenvalue weighted by Gasteiger charge is 2.32. The quantitative estimate of drug-likeness (QED) is 0.821. The number of hydrogen-bond donors (Lipinski definition) is 2. The highest BCUT2D eigenvalue weighted by Crippen LogP contribution is 2.29. The number of rotatable bonds is 1. The average Bonchev–Trinajstić information content (AvgIpc) is 2.77. The topological polar surface area (TPSA) is 58.4 Å². The molecule has 1 aromatic rings. The first kappa shape index (κ1) is 13.4. The highest BCUT2D eigenvalue weighted by molar-refractivity contribution is 5.75. The van der Waals surface area contributed by atoms with Gasteiger partial charge in [0.15, 0.2) is 0 Å². The van der Waals surface area contributed by atoms with Gasteiger partial charge < -0.3 is 16.0 Å². The molecule has 3 rings (SSSR count). The van der Waals surface area contributed by atoms with Crippen molar-refractivity contribution < 1.29 is 9.18 Å². The largest absolute Gasteiger partial charge is 0.333 e. The van der Waals surface area contributed by atoms with Gasteiger partial charge in [0.2, 0.25) is 0 Å². The third-order valence-corrected chi connectivity index (χ3v) is 4.31. The fourth-order valence-electron chi connectivity index (χ4n) is 3.07. The van der Waals surface area contributed by atoms with Crippen LogP contribution in [0.15, 0.2) is 24.3 Å². The number of carbonyl (C=O) groups is 1. The van der Waals surface area contributed by atoms with Gasteiger partial charge in [0, 0.05) is 13.1 Å². The van der Waals surface area contributed by atoms with Crippen LogP contribution in [-0.2, 0) is 6.42 Å². The number of likely N-dealkylation sites (tertiary alicyclic amines) is 1. The number of hydrogen-bond acceptors (Lipinski definition) is 2. The van der Waals surface area contributed by atoms with Crippen LogP contribution in [0.2, 0.25) is 0 Å². The zero-order valence-corrected chi connectivity index (χ0v) is 11.4. The van der Waals surface area contributed by atoms with Crippen LogP contribution in [0.5, 0.6) is 0 Å². The molecule has 1 aliphatic carbocycles. The van der Waals surface area contributed by atoms with Crippen molar-refractivity contribution in [3.63, 3.8) is 0 Å². The van der Waals surface area contributed by atoms with Gasteiger partial charge in [0.05, 0.1) is 12.1 Å². The minimum Gasteiger partial charge on any atom is -0.333 e. The maximum absolute atomic E-state index is 13.1. The Morgan fingerprint density at radius 2 is 2.00 bits per heavy atom. The van der Waals surface area contributed by atoms with E-state index in [0.29, 0.717) is 25.9 Å². The molecule has 0 bridgehead atoms. The van der Waals surface area contributed by atoms with E-state index in [1.165, 1.54) is 5.56 Å². The molecule has 1 aromatic carbocycles. The molecule has 1 fully saturated rings. The van der Waals surface area contributed by atoms with Crippen molar-refractivity contribution in [3.05, 3.63) is 35.4 Å². The molecule has 2 amide bonds. The molecule has 108 valence electrons. The second kappa shape index (κ2) is 5.40. The molecule has 4 nitrogen and oxygen atoms in total. The Morgan fingerprint density at radius 3 is 2.70 bits per heavy atom. The molecule has 3 N–H and O–H groups in total. The lowest BCUT2D eigenvalue weighted by Crippen LogP contribution is -2.50. The summed E-state index contributed by atoms with van der Waals surface area (Å²) in [6.45, 7) is 0.976. The fourth-order valence-corrected chi connectivity index (χ4v) is 3.07. The minimum atomic E-state index is -0.767. The Labute approximate surface area is 118 Å². The molecule has 2 aliphatic rings. The molecule has 0 radical (unpaired) electrons. The second-order valence-corrected chi connectivity index (χ2v) is 5.65. The van der Waals surface area contributed by atoms with Gasteiger partial charge in [-0.05, 0) is 30.4 Å². The summed E-state index contributed by atoms with van der Waals surface area (Å²) in [4.78, 5) is 13.9. The fraction of sp³-hybridized carbons (Fsp3) is 0.533. The molecule has 1 aliphatic heterocycles. The summed E-state index contributed by atoms with van der Waals surface area (Å²) in [7, 11) is 0. The van der Waals surface area contributed by atoms with Crippen molar-refractivity contribution >= 4 is 6.03 Å². The molecular weight excluding hydrogens is 257 g/mol. The van der Waals surface area contributed by atoms with Gasteiger partial charge >= 0.3 is 6.03 Å². The first-order chi connectivity index (χ1) is 9.65. The summed E-state index contributed by atoms with van der Waals surface area (Å²) in [6, 6.07) is 7.68. The average molecular weight is 277 g/mol. The Morgan fingerprint density at radius 1 is 1.30 bits per heavy atom. The van der Waals surface area contributed by atoms with Crippen molar-refractivity contribution in [3.8, 4) is 0 Å². The molecule has 2 atom stereocenters. The minimum absolute atomic E-state index is 0.0667. The molecule has 0 saturated carbocycles. The first-order valence-corrected chi connectivity index (χ1v) is 7.18. The zero-order chi connectivity index (χ0) is 14.1. The number of benzene rings is 1. The van der Waals surface area contributed by atoms with Gasteiger partial charge in [-0.25, -0.2) is 9.18 Å². The Bertz CT molecular complexity index is 500. The van der Waals surface area contributed by atoms with E-state index >= 15 is 0 Å². The summed E-state index contributed by atoms with van der Waals surface area (Å²) in [5.74, 6) is 0. The summed E-state index contributed by atoms with van der Waals surface area (Å²) < 4.78 is 13.1. The van der Waals surface area contributed by atoms with Gasteiger partial charge in [-0.2, -0.15) is 0 Å². The van der Waals surface area contributed by atoms with E-state index < -0.39 is 6.17 Å². The number of nitrogens with one attached hydrogen (secondary N) is 1. The van der Waals surface area contributed by atoms with Crippen LogP contribution >= 0.6 is 0 Å². The molecule has 1 heterocycles. The Balaban J connectivity index is 1.61. The molecule has 20 heavy (non-hydrogen) atoms. The van der Waals surface area contributed by atoms with Crippen LogP contribution in [0.1, 0.15) is 30.0 Å².